The Morgan fingerprint density at radius 1 is 0.457 bits per heavy atom. The minimum Gasteiger partial charge on any atom is -0.383 e. The van der Waals surface area contributed by atoms with E-state index < -0.39 is 0 Å². The topological polar surface area (TPSA) is 50.7 Å². The maximum atomic E-state index is 6.84. The molecule has 0 aromatic heterocycles. The number of hydrogen-bond donors (Lipinski definition) is 1. The lowest BCUT2D eigenvalue weighted by atomic mass is 9.89. The Labute approximate surface area is 268 Å². The Kier molecular flexibility index (Phi) is 7.05. The Balaban J connectivity index is 1.39. The molecule has 0 radical (unpaired) electrons. The van der Waals surface area contributed by atoms with E-state index in [0.29, 0.717) is 18.2 Å². The van der Waals surface area contributed by atoms with Gasteiger partial charge in [0.1, 0.15) is 5.84 Å². The monoisotopic (exact) mass is 589 g/mol. The molecule has 0 bridgehead atoms. The first-order chi connectivity index (χ1) is 22.7. The molecule has 0 aliphatic rings. The molecule has 8 aromatic rings. The summed E-state index contributed by atoms with van der Waals surface area (Å²) in [6.07, 6.45) is 0. The number of nitrogens with two attached hydrogens (primary N) is 1. The molecule has 0 amide bonds. The molecule has 218 valence electrons. The van der Waals surface area contributed by atoms with Crippen LogP contribution in [0.2, 0.25) is 0 Å². The number of rotatable bonds is 5. The van der Waals surface area contributed by atoms with Gasteiger partial charge in [-0.15, -0.1) is 0 Å². The van der Waals surface area contributed by atoms with Gasteiger partial charge in [0, 0.05) is 11.1 Å². The molecule has 0 saturated heterocycles. The summed E-state index contributed by atoms with van der Waals surface area (Å²) < 4.78 is 0. The van der Waals surface area contributed by atoms with Crippen LogP contribution in [0, 0.1) is 0 Å². The first kappa shape index (κ1) is 27.5. The molecule has 8 aromatic carbocycles. The van der Waals surface area contributed by atoms with Crippen LogP contribution >= 0.6 is 0 Å². The van der Waals surface area contributed by atoms with Crippen LogP contribution in [0.4, 0.5) is 0 Å². The van der Waals surface area contributed by atoms with Crippen molar-refractivity contribution in [3.8, 4) is 11.1 Å². The maximum Gasteiger partial charge on any atom is 0.157 e. The summed E-state index contributed by atoms with van der Waals surface area (Å²) in [4.78, 5) is 10.3. The van der Waals surface area contributed by atoms with E-state index in [4.69, 9.17) is 15.7 Å². The number of benzene rings is 8. The van der Waals surface area contributed by atoms with E-state index in [2.05, 4.69) is 115 Å². The third-order valence-electron chi connectivity index (χ3n) is 8.74. The number of fused-ring (bicyclic) bond motifs is 8. The lowest BCUT2D eigenvalue weighted by Crippen LogP contribution is -2.17. The Morgan fingerprint density at radius 3 is 1.67 bits per heavy atom. The molecule has 46 heavy (non-hydrogen) atoms. The second kappa shape index (κ2) is 11.8. The molecular formula is C43H31N3. The third-order valence-corrected chi connectivity index (χ3v) is 8.74. The third kappa shape index (κ3) is 4.98. The minimum absolute atomic E-state index is 0.428. The second-order valence-corrected chi connectivity index (χ2v) is 11.6. The normalized spacial score (nSPS) is 12.3. The number of hydrogen-bond acceptors (Lipinski definition) is 1. The molecular weight excluding hydrogens is 558 g/mol. The number of aliphatic imine (C=N–C) groups is 2. The lowest BCUT2D eigenvalue weighted by Gasteiger charge is -2.16. The molecule has 2 N–H and O–H groups in total. The highest BCUT2D eigenvalue weighted by Gasteiger charge is 2.17. The zero-order chi connectivity index (χ0) is 30.9. The average Bonchev–Trinajstić information content (AvgIpc) is 3.13. The Morgan fingerprint density at radius 2 is 0.978 bits per heavy atom. The molecule has 0 spiro atoms. The molecule has 0 fully saturated rings. The molecule has 3 nitrogen and oxygen atoms in total. The summed E-state index contributed by atoms with van der Waals surface area (Å²) in [5.41, 5.74) is 12.0. The fraction of sp³-hybridized carbons (Fsp3) is 0.0233. The van der Waals surface area contributed by atoms with Crippen LogP contribution < -0.4 is 5.73 Å². The standard InChI is InChI=1S/C43H31N3/c44-42(32-19-13-18-31(26-32)30-16-5-2-6-17-30)46-43(45-28-29-14-3-1-4-15-29)40-27-39-35-22-8-7-20-33(35)34-21-9-11-24-37(34)41(39)38-25-12-10-23-36(38)40/h1-27H,28H2,(H2,44,45,46). The molecule has 0 atom stereocenters. The SMILES string of the molecule is NC(=NC(=NCc1ccccc1)c1cc2c3ccccc3c3ccccc3c2c2ccccc12)c1cccc(-c2ccccc2)c1. The van der Waals surface area contributed by atoms with Crippen molar-refractivity contribution < 1.29 is 0 Å². The van der Waals surface area contributed by atoms with Crippen LogP contribution in [0.5, 0.6) is 0 Å². The van der Waals surface area contributed by atoms with Gasteiger partial charge in [-0.25, -0.2) is 4.99 Å². The molecule has 0 aliphatic heterocycles. The van der Waals surface area contributed by atoms with Crippen molar-refractivity contribution in [1.82, 2.24) is 0 Å². The first-order valence-electron chi connectivity index (χ1n) is 15.6. The quantitative estimate of drug-likeness (QED) is 0.121. The molecule has 0 aliphatic carbocycles. The zero-order valence-electron chi connectivity index (χ0n) is 25.3. The minimum atomic E-state index is 0.428. The van der Waals surface area contributed by atoms with Crippen LogP contribution in [0.25, 0.3) is 54.2 Å². The molecule has 0 unspecified atom stereocenters. The van der Waals surface area contributed by atoms with Crippen LogP contribution in [0.15, 0.2) is 174 Å². The highest BCUT2D eigenvalue weighted by Crippen LogP contribution is 2.40. The van der Waals surface area contributed by atoms with E-state index in [1.807, 2.05) is 48.5 Å². The summed E-state index contributed by atoms with van der Waals surface area (Å²) >= 11 is 0. The van der Waals surface area contributed by atoms with Gasteiger partial charge in [-0.1, -0.05) is 152 Å². The van der Waals surface area contributed by atoms with Crippen molar-refractivity contribution in [2.45, 2.75) is 6.54 Å². The van der Waals surface area contributed by atoms with Gasteiger partial charge in [0.05, 0.1) is 6.54 Å². The van der Waals surface area contributed by atoms with Crippen molar-refractivity contribution >= 4 is 54.8 Å². The van der Waals surface area contributed by atoms with Gasteiger partial charge in [-0.05, 0) is 71.9 Å². The van der Waals surface area contributed by atoms with E-state index in [1.165, 1.54) is 37.7 Å². The Hall–Kier alpha value is -6.06. The predicted molar refractivity (Wildman–Crippen MR) is 196 cm³/mol. The average molecular weight is 590 g/mol. The summed E-state index contributed by atoms with van der Waals surface area (Å²) in [6.45, 7) is 0.488. The first-order valence-corrected chi connectivity index (χ1v) is 15.6. The summed E-state index contributed by atoms with van der Waals surface area (Å²) in [7, 11) is 0. The van der Waals surface area contributed by atoms with E-state index in [-0.39, 0.29) is 0 Å². The van der Waals surface area contributed by atoms with Gasteiger partial charge in [0.25, 0.3) is 0 Å². The van der Waals surface area contributed by atoms with Gasteiger partial charge in [0.15, 0.2) is 5.84 Å². The van der Waals surface area contributed by atoms with Gasteiger partial charge < -0.3 is 5.73 Å². The molecule has 3 heteroatoms. The summed E-state index contributed by atoms with van der Waals surface area (Å²) in [6, 6.07) is 57.1. The van der Waals surface area contributed by atoms with Crippen molar-refractivity contribution in [2.24, 2.45) is 15.7 Å². The van der Waals surface area contributed by atoms with Crippen LogP contribution in [0.3, 0.4) is 0 Å². The lowest BCUT2D eigenvalue weighted by molar-refractivity contribution is 1.06. The summed E-state index contributed by atoms with van der Waals surface area (Å²) in [5, 5.41) is 9.61. The highest BCUT2D eigenvalue weighted by molar-refractivity contribution is 6.34. The van der Waals surface area contributed by atoms with Crippen LogP contribution in [-0.2, 0) is 6.54 Å². The zero-order valence-corrected chi connectivity index (χ0v) is 25.3. The van der Waals surface area contributed by atoms with Gasteiger partial charge >= 0.3 is 0 Å². The van der Waals surface area contributed by atoms with Crippen molar-refractivity contribution in [3.63, 3.8) is 0 Å². The predicted octanol–water partition coefficient (Wildman–Crippen LogP) is 10.3. The van der Waals surface area contributed by atoms with Crippen molar-refractivity contribution in [3.05, 3.63) is 180 Å². The highest BCUT2D eigenvalue weighted by atomic mass is 15.0. The fourth-order valence-electron chi connectivity index (χ4n) is 6.55. The van der Waals surface area contributed by atoms with E-state index in [9.17, 15) is 0 Å². The smallest absolute Gasteiger partial charge is 0.157 e. The Bertz CT molecular complexity index is 2440. The molecule has 8 rings (SSSR count). The molecule has 0 saturated carbocycles. The van der Waals surface area contributed by atoms with E-state index >= 15 is 0 Å². The number of nitrogens with zero attached hydrogens (tertiary/aromatic N) is 2. The van der Waals surface area contributed by atoms with Gasteiger partial charge in [-0.3, -0.25) is 4.99 Å². The largest absolute Gasteiger partial charge is 0.383 e. The maximum absolute atomic E-state index is 6.84. The van der Waals surface area contributed by atoms with Gasteiger partial charge in [-0.2, -0.15) is 0 Å². The van der Waals surface area contributed by atoms with Crippen LogP contribution in [-0.4, -0.2) is 11.7 Å². The fourth-order valence-corrected chi connectivity index (χ4v) is 6.55. The van der Waals surface area contributed by atoms with E-state index in [0.717, 1.165) is 33.2 Å². The van der Waals surface area contributed by atoms with Crippen molar-refractivity contribution in [2.75, 3.05) is 0 Å². The second-order valence-electron chi connectivity index (χ2n) is 11.6. The summed E-state index contributed by atoms with van der Waals surface area (Å²) in [5.74, 6) is 1.04. The molecule has 0 heterocycles. The van der Waals surface area contributed by atoms with Crippen molar-refractivity contribution in [1.29, 1.82) is 0 Å². The van der Waals surface area contributed by atoms with Gasteiger partial charge in [0.2, 0.25) is 0 Å². The van der Waals surface area contributed by atoms with E-state index in [1.54, 1.807) is 0 Å². The number of amidine groups is 2. The van der Waals surface area contributed by atoms with Crippen LogP contribution in [0.1, 0.15) is 16.7 Å².